The molecule has 0 aliphatic rings. The fraction of sp³-hybridized carbons (Fsp3) is 0.833. The summed E-state index contributed by atoms with van der Waals surface area (Å²) in [5.41, 5.74) is 5.82. The van der Waals surface area contributed by atoms with Crippen molar-refractivity contribution in [2.24, 2.45) is 11.7 Å². The number of hydrogen-bond acceptors (Lipinski definition) is 3. The maximum atomic E-state index is 12.0. The van der Waals surface area contributed by atoms with Crippen LogP contribution in [0.15, 0.2) is 0 Å². The van der Waals surface area contributed by atoms with E-state index in [0.717, 1.165) is 0 Å². The molecule has 0 aromatic carbocycles. The van der Waals surface area contributed by atoms with E-state index < -0.39 is 6.04 Å². The Hall–Kier alpha value is -1.10. The van der Waals surface area contributed by atoms with Gasteiger partial charge in [-0.2, -0.15) is 0 Å². The quantitative estimate of drug-likeness (QED) is 0.677. The van der Waals surface area contributed by atoms with E-state index in [1.54, 1.807) is 0 Å². The van der Waals surface area contributed by atoms with Crippen LogP contribution in [0.25, 0.3) is 0 Å². The monoisotopic (exact) mass is 243 g/mol. The number of likely N-dealkylation sites (N-methyl/N-ethyl adjacent to an activating group) is 2. The molecule has 0 fully saturated rings. The summed E-state index contributed by atoms with van der Waals surface area (Å²) >= 11 is 0. The van der Waals surface area contributed by atoms with E-state index in [4.69, 9.17) is 5.73 Å². The molecule has 17 heavy (non-hydrogen) atoms. The predicted molar refractivity (Wildman–Crippen MR) is 68.4 cm³/mol. The number of carbonyl (C=O) groups is 2. The fourth-order valence-electron chi connectivity index (χ4n) is 1.62. The molecular formula is C12H25N3O2. The summed E-state index contributed by atoms with van der Waals surface area (Å²) in [6.45, 7) is 8.90. The van der Waals surface area contributed by atoms with E-state index in [1.807, 2.05) is 27.7 Å². The van der Waals surface area contributed by atoms with Crippen LogP contribution < -0.4 is 11.1 Å². The number of hydrogen-bond donors (Lipinski definition) is 2. The molecule has 0 heterocycles. The predicted octanol–water partition coefficient (Wildman–Crippen LogP) is 0.344. The van der Waals surface area contributed by atoms with Gasteiger partial charge in [-0.3, -0.25) is 9.59 Å². The highest BCUT2D eigenvalue weighted by atomic mass is 16.2. The van der Waals surface area contributed by atoms with E-state index in [0.29, 0.717) is 25.4 Å². The van der Waals surface area contributed by atoms with Crippen LogP contribution in [0, 0.1) is 5.92 Å². The lowest BCUT2D eigenvalue weighted by molar-refractivity contribution is -0.137. The Labute approximate surface area is 104 Å². The number of amides is 2. The number of rotatable bonds is 7. The van der Waals surface area contributed by atoms with Crippen LogP contribution in [0.3, 0.4) is 0 Å². The van der Waals surface area contributed by atoms with Gasteiger partial charge in [-0.1, -0.05) is 13.8 Å². The van der Waals surface area contributed by atoms with Crippen LogP contribution in [-0.4, -0.2) is 42.4 Å². The van der Waals surface area contributed by atoms with Crippen molar-refractivity contribution in [1.82, 2.24) is 10.2 Å². The largest absolute Gasteiger partial charge is 0.355 e. The lowest BCUT2D eigenvalue weighted by Crippen LogP contribution is -2.48. The van der Waals surface area contributed by atoms with E-state index in [9.17, 15) is 9.59 Å². The normalized spacial score (nSPS) is 12.4. The Balaban J connectivity index is 4.34. The molecule has 0 aromatic heterocycles. The number of nitrogens with one attached hydrogen (secondary N) is 1. The van der Waals surface area contributed by atoms with Crippen LogP contribution in [0.1, 0.15) is 34.1 Å². The second-order valence-electron chi connectivity index (χ2n) is 4.54. The summed E-state index contributed by atoms with van der Waals surface area (Å²) in [4.78, 5) is 24.9. The molecule has 0 saturated heterocycles. The molecule has 5 heteroatoms. The van der Waals surface area contributed by atoms with E-state index in [1.165, 1.54) is 4.90 Å². The van der Waals surface area contributed by atoms with Crippen LogP contribution >= 0.6 is 0 Å². The molecule has 0 aromatic rings. The topological polar surface area (TPSA) is 75.4 Å². The summed E-state index contributed by atoms with van der Waals surface area (Å²) in [6.07, 6.45) is 0.644. The molecule has 100 valence electrons. The standard InChI is InChI=1S/C12H25N3O2/c1-5-14-11(16)8-15(6-2)12(17)10(13)7-9(3)4/h9-10H,5-8,13H2,1-4H3,(H,14,16). The number of nitrogens with zero attached hydrogens (tertiary/aromatic N) is 1. The third kappa shape index (κ3) is 6.26. The first kappa shape index (κ1) is 15.9. The van der Waals surface area contributed by atoms with Crippen LogP contribution in [0.2, 0.25) is 0 Å². The molecule has 1 unspecified atom stereocenters. The van der Waals surface area contributed by atoms with Crippen molar-refractivity contribution in [2.45, 2.75) is 40.2 Å². The number of carbonyl (C=O) groups excluding carboxylic acids is 2. The molecule has 0 aliphatic carbocycles. The highest BCUT2D eigenvalue weighted by Gasteiger charge is 2.22. The van der Waals surface area contributed by atoms with Crippen LogP contribution in [-0.2, 0) is 9.59 Å². The SMILES string of the molecule is CCNC(=O)CN(CC)C(=O)C(N)CC(C)C. The lowest BCUT2D eigenvalue weighted by Gasteiger charge is -2.24. The maximum absolute atomic E-state index is 12.0. The maximum Gasteiger partial charge on any atom is 0.239 e. The molecule has 1 atom stereocenters. The smallest absolute Gasteiger partial charge is 0.239 e. The van der Waals surface area contributed by atoms with Gasteiger partial charge in [0.25, 0.3) is 0 Å². The molecule has 0 spiro atoms. The lowest BCUT2D eigenvalue weighted by atomic mass is 10.0. The third-order valence-corrected chi connectivity index (χ3v) is 2.44. The molecule has 0 saturated carbocycles. The van der Waals surface area contributed by atoms with E-state index in [2.05, 4.69) is 5.32 Å². The van der Waals surface area contributed by atoms with Gasteiger partial charge in [0.05, 0.1) is 12.6 Å². The van der Waals surface area contributed by atoms with Crippen LogP contribution in [0.5, 0.6) is 0 Å². The van der Waals surface area contributed by atoms with Gasteiger partial charge in [-0.25, -0.2) is 0 Å². The van der Waals surface area contributed by atoms with Crippen molar-refractivity contribution in [2.75, 3.05) is 19.6 Å². The average molecular weight is 243 g/mol. The zero-order valence-corrected chi connectivity index (χ0v) is 11.3. The minimum atomic E-state index is -0.510. The summed E-state index contributed by atoms with van der Waals surface area (Å²) in [5, 5.41) is 2.67. The van der Waals surface area contributed by atoms with Gasteiger partial charge in [0.15, 0.2) is 0 Å². The summed E-state index contributed by atoms with van der Waals surface area (Å²) in [6, 6.07) is -0.510. The highest BCUT2D eigenvalue weighted by Crippen LogP contribution is 2.05. The Morgan fingerprint density at radius 2 is 1.88 bits per heavy atom. The van der Waals surface area contributed by atoms with Crippen molar-refractivity contribution < 1.29 is 9.59 Å². The molecule has 0 rings (SSSR count). The molecule has 0 radical (unpaired) electrons. The van der Waals surface area contributed by atoms with E-state index >= 15 is 0 Å². The van der Waals surface area contributed by atoms with E-state index in [-0.39, 0.29) is 18.4 Å². The Kier molecular flexibility index (Phi) is 7.54. The molecule has 2 amide bonds. The Bertz CT molecular complexity index is 254. The van der Waals surface area contributed by atoms with Gasteiger partial charge in [0.1, 0.15) is 0 Å². The van der Waals surface area contributed by atoms with Gasteiger partial charge >= 0.3 is 0 Å². The van der Waals surface area contributed by atoms with Gasteiger partial charge in [-0.05, 0) is 26.2 Å². The summed E-state index contributed by atoms with van der Waals surface area (Å²) in [7, 11) is 0. The molecule has 0 bridgehead atoms. The second kappa shape index (κ2) is 8.06. The third-order valence-electron chi connectivity index (χ3n) is 2.44. The Morgan fingerprint density at radius 1 is 1.29 bits per heavy atom. The number of nitrogens with two attached hydrogens (primary N) is 1. The molecule has 5 nitrogen and oxygen atoms in total. The minimum Gasteiger partial charge on any atom is -0.355 e. The van der Waals surface area contributed by atoms with Crippen molar-refractivity contribution >= 4 is 11.8 Å². The molecule has 0 aliphatic heterocycles. The van der Waals surface area contributed by atoms with Crippen LogP contribution in [0.4, 0.5) is 0 Å². The first-order chi connectivity index (χ1) is 7.92. The first-order valence-corrected chi connectivity index (χ1v) is 6.23. The van der Waals surface area contributed by atoms with Crippen molar-refractivity contribution in [1.29, 1.82) is 0 Å². The zero-order chi connectivity index (χ0) is 13.4. The van der Waals surface area contributed by atoms with Gasteiger partial charge in [0, 0.05) is 13.1 Å². The fourth-order valence-corrected chi connectivity index (χ4v) is 1.62. The zero-order valence-electron chi connectivity index (χ0n) is 11.3. The first-order valence-electron chi connectivity index (χ1n) is 6.23. The van der Waals surface area contributed by atoms with Gasteiger partial charge in [-0.15, -0.1) is 0 Å². The summed E-state index contributed by atoms with van der Waals surface area (Å²) in [5.74, 6) is 0.0871. The highest BCUT2D eigenvalue weighted by molar-refractivity contribution is 5.87. The van der Waals surface area contributed by atoms with Gasteiger partial charge < -0.3 is 16.0 Å². The molecule has 3 N–H and O–H groups in total. The summed E-state index contributed by atoms with van der Waals surface area (Å²) < 4.78 is 0. The Morgan fingerprint density at radius 3 is 2.29 bits per heavy atom. The van der Waals surface area contributed by atoms with Crippen molar-refractivity contribution in [3.63, 3.8) is 0 Å². The molecular weight excluding hydrogens is 218 g/mol. The van der Waals surface area contributed by atoms with Crippen molar-refractivity contribution in [3.05, 3.63) is 0 Å². The minimum absolute atomic E-state index is 0.0922. The van der Waals surface area contributed by atoms with Crippen molar-refractivity contribution in [3.8, 4) is 0 Å². The van der Waals surface area contributed by atoms with Gasteiger partial charge in [0.2, 0.25) is 11.8 Å². The average Bonchev–Trinajstić information content (AvgIpc) is 2.24. The second-order valence-corrected chi connectivity index (χ2v) is 4.54.